The minimum Gasteiger partial charge on any atom is -0.459 e. The van der Waals surface area contributed by atoms with Crippen LogP contribution < -0.4 is 10.6 Å². The van der Waals surface area contributed by atoms with Crippen LogP contribution in [0.3, 0.4) is 0 Å². The smallest absolute Gasteiger partial charge is 0.291 e. The molecule has 0 aliphatic carbocycles. The number of rotatable bonds is 4. The highest BCUT2D eigenvalue weighted by molar-refractivity contribution is 6.02. The molecule has 28 heavy (non-hydrogen) atoms. The third kappa shape index (κ3) is 4.42. The normalized spacial score (nSPS) is 16.7. The molecule has 1 aromatic heterocycles. The van der Waals surface area contributed by atoms with Crippen molar-refractivity contribution >= 4 is 29.1 Å². The summed E-state index contributed by atoms with van der Waals surface area (Å²) in [5.41, 5.74) is 0.678. The fourth-order valence-corrected chi connectivity index (χ4v) is 3.18. The maximum absolute atomic E-state index is 12.7. The molecular formula is C21H25N3O4. The van der Waals surface area contributed by atoms with Crippen molar-refractivity contribution in [2.24, 2.45) is 5.41 Å². The van der Waals surface area contributed by atoms with Gasteiger partial charge in [0.1, 0.15) is 6.04 Å². The molecule has 2 aromatic rings. The van der Waals surface area contributed by atoms with Gasteiger partial charge in [0, 0.05) is 23.3 Å². The van der Waals surface area contributed by atoms with E-state index in [1.165, 1.54) is 6.26 Å². The molecule has 1 aliphatic heterocycles. The van der Waals surface area contributed by atoms with Gasteiger partial charge >= 0.3 is 0 Å². The Hall–Kier alpha value is -3.09. The minimum atomic E-state index is -0.517. The highest BCUT2D eigenvalue weighted by Gasteiger charge is 2.38. The molecule has 1 atom stereocenters. The number of nitrogens with zero attached hydrogens (tertiary/aromatic N) is 1. The Labute approximate surface area is 164 Å². The Kier molecular flexibility index (Phi) is 5.53. The molecule has 0 bridgehead atoms. The van der Waals surface area contributed by atoms with Crippen LogP contribution in [0.5, 0.6) is 0 Å². The van der Waals surface area contributed by atoms with Gasteiger partial charge in [0.25, 0.3) is 5.91 Å². The van der Waals surface area contributed by atoms with Gasteiger partial charge in [0.05, 0.1) is 6.26 Å². The van der Waals surface area contributed by atoms with Crippen LogP contribution >= 0.6 is 0 Å². The first-order valence-electron chi connectivity index (χ1n) is 9.32. The molecule has 148 valence electrons. The molecule has 2 N–H and O–H groups in total. The second kappa shape index (κ2) is 7.88. The maximum atomic E-state index is 12.7. The average Bonchev–Trinajstić information content (AvgIpc) is 3.33. The van der Waals surface area contributed by atoms with Crippen LogP contribution in [0.15, 0.2) is 47.1 Å². The van der Waals surface area contributed by atoms with E-state index in [0.29, 0.717) is 24.3 Å². The number of carbonyl (C=O) groups is 3. The molecule has 0 spiro atoms. The van der Waals surface area contributed by atoms with Crippen molar-refractivity contribution < 1.29 is 18.8 Å². The van der Waals surface area contributed by atoms with E-state index in [4.69, 9.17) is 4.42 Å². The Morgan fingerprint density at radius 3 is 2.25 bits per heavy atom. The van der Waals surface area contributed by atoms with Gasteiger partial charge in [-0.3, -0.25) is 14.4 Å². The highest BCUT2D eigenvalue weighted by Crippen LogP contribution is 2.26. The fraction of sp³-hybridized carbons (Fsp3) is 0.381. The van der Waals surface area contributed by atoms with E-state index in [2.05, 4.69) is 10.6 Å². The van der Waals surface area contributed by atoms with Crippen molar-refractivity contribution in [3.05, 3.63) is 48.4 Å². The first-order valence-corrected chi connectivity index (χ1v) is 9.32. The van der Waals surface area contributed by atoms with Crippen LogP contribution in [-0.4, -0.2) is 35.2 Å². The van der Waals surface area contributed by atoms with Crippen LogP contribution in [0.25, 0.3) is 0 Å². The fourth-order valence-electron chi connectivity index (χ4n) is 3.18. The quantitative estimate of drug-likeness (QED) is 0.845. The minimum absolute atomic E-state index is 0.0128. The summed E-state index contributed by atoms with van der Waals surface area (Å²) in [7, 11) is 0. The van der Waals surface area contributed by atoms with E-state index in [1.807, 2.05) is 20.8 Å². The maximum Gasteiger partial charge on any atom is 0.291 e. The SMILES string of the molecule is CC(C)(C)C(=O)N1CCCC1C(=O)Nc1ccc(NC(=O)c2ccco2)cc1. The molecule has 1 aromatic carbocycles. The van der Waals surface area contributed by atoms with Crippen molar-refractivity contribution in [2.45, 2.75) is 39.7 Å². The summed E-state index contributed by atoms with van der Waals surface area (Å²) in [5.74, 6) is -0.324. The number of benzene rings is 1. The number of carbonyl (C=O) groups excluding carboxylic acids is 3. The molecule has 1 saturated heterocycles. The summed E-state index contributed by atoms with van der Waals surface area (Å²) in [5, 5.41) is 5.58. The second-order valence-corrected chi connectivity index (χ2v) is 7.90. The standard InChI is InChI=1S/C21H25N3O4/c1-21(2,3)20(27)24-12-4-6-16(24)18(25)22-14-8-10-15(11-9-14)23-19(26)17-7-5-13-28-17/h5,7-11,13,16H,4,6,12H2,1-3H3,(H,22,25)(H,23,26). The number of likely N-dealkylation sites (tertiary alicyclic amines) is 1. The molecule has 3 rings (SSSR count). The van der Waals surface area contributed by atoms with E-state index in [0.717, 1.165) is 6.42 Å². The lowest BCUT2D eigenvalue weighted by molar-refractivity contribution is -0.143. The van der Waals surface area contributed by atoms with Gasteiger partial charge in [-0.15, -0.1) is 0 Å². The van der Waals surface area contributed by atoms with E-state index >= 15 is 0 Å². The molecule has 0 radical (unpaired) electrons. The Morgan fingerprint density at radius 2 is 1.68 bits per heavy atom. The molecule has 1 unspecified atom stereocenters. The van der Waals surface area contributed by atoms with Gasteiger partial charge in [-0.2, -0.15) is 0 Å². The molecule has 3 amide bonds. The second-order valence-electron chi connectivity index (χ2n) is 7.90. The van der Waals surface area contributed by atoms with Gasteiger partial charge < -0.3 is 20.0 Å². The van der Waals surface area contributed by atoms with Gasteiger partial charge in [-0.05, 0) is 49.2 Å². The van der Waals surface area contributed by atoms with Gasteiger partial charge in [-0.1, -0.05) is 20.8 Å². The molecule has 2 heterocycles. The number of anilines is 2. The van der Waals surface area contributed by atoms with Gasteiger partial charge in [0.2, 0.25) is 11.8 Å². The molecule has 0 saturated carbocycles. The summed E-state index contributed by atoms with van der Waals surface area (Å²) in [6.07, 6.45) is 2.91. The van der Waals surface area contributed by atoms with Crippen molar-refractivity contribution in [2.75, 3.05) is 17.2 Å². The molecule has 1 fully saturated rings. The van der Waals surface area contributed by atoms with Crippen molar-refractivity contribution in [1.82, 2.24) is 4.90 Å². The van der Waals surface area contributed by atoms with Crippen molar-refractivity contribution in [3.63, 3.8) is 0 Å². The van der Waals surface area contributed by atoms with Crippen LogP contribution in [0.1, 0.15) is 44.2 Å². The lowest BCUT2D eigenvalue weighted by Crippen LogP contribution is -2.47. The van der Waals surface area contributed by atoms with Gasteiger partial charge in [0.15, 0.2) is 5.76 Å². The molecule has 7 nitrogen and oxygen atoms in total. The molecular weight excluding hydrogens is 358 g/mol. The van der Waals surface area contributed by atoms with E-state index in [-0.39, 0.29) is 23.5 Å². The summed E-state index contributed by atoms with van der Waals surface area (Å²) in [6.45, 7) is 6.18. The van der Waals surface area contributed by atoms with E-state index in [1.54, 1.807) is 41.3 Å². The lowest BCUT2D eigenvalue weighted by Gasteiger charge is -2.30. The predicted octanol–water partition coefficient (Wildman–Crippen LogP) is 3.51. The summed E-state index contributed by atoms with van der Waals surface area (Å²) >= 11 is 0. The zero-order chi connectivity index (χ0) is 20.3. The third-order valence-electron chi connectivity index (χ3n) is 4.61. The summed E-state index contributed by atoms with van der Waals surface area (Å²) < 4.78 is 5.05. The monoisotopic (exact) mass is 383 g/mol. The number of hydrogen-bond donors (Lipinski definition) is 2. The van der Waals surface area contributed by atoms with Crippen LogP contribution in [0.2, 0.25) is 0 Å². The zero-order valence-electron chi connectivity index (χ0n) is 16.3. The molecule has 1 aliphatic rings. The highest BCUT2D eigenvalue weighted by atomic mass is 16.3. The number of amides is 3. The van der Waals surface area contributed by atoms with Gasteiger partial charge in [-0.25, -0.2) is 0 Å². The average molecular weight is 383 g/mol. The molecule has 7 heteroatoms. The van der Waals surface area contributed by atoms with E-state index in [9.17, 15) is 14.4 Å². The van der Waals surface area contributed by atoms with Crippen LogP contribution in [0, 0.1) is 5.41 Å². The van der Waals surface area contributed by atoms with Crippen LogP contribution in [0.4, 0.5) is 11.4 Å². The Bertz CT molecular complexity index is 851. The van der Waals surface area contributed by atoms with Crippen LogP contribution in [-0.2, 0) is 9.59 Å². The lowest BCUT2D eigenvalue weighted by atomic mass is 9.94. The number of hydrogen-bond acceptors (Lipinski definition) is 4. The first-order chi connectivity index (χ1) is 13.3. The Balaban J connectivity index is 1.61. The summed E-state index contributed by atoms with van der Waals surface area (Å²) in [4.78, 5) is 38.9. The topological polar surface area (TPSA) is 91.7 Å². The third-order valence-corrected chi connectivity index (χ3v) is 4.61. The largest absolute Gasteiger partial charge is 0.459 e. The Morgan fingerprint density at radius 1 is 1.04 bits per heavy atom. The predicted molar refractivity (Wildman–Crippen MR) is 106 cm³/mol. The number of nitrogens with one attached hydrogen (secondary N) is 2. The van der Waals surface area contributed by atoms with E-state index < -0.39 is 11.5 Å². The zero-order valence-corrected chi connectivity index (χ0v) is 16.3. The number of furan rings is 1. The summed E-state index contributed by atoms with van der Waals surface area (Å²) in [6, 6.07) is 9.58. The van der Waals surface area contributed by atoms with Crippen molar-refractivity contribution in [3.8, 4) is 0 Å². The van der Waals surface area contributed by atoms with Crippen molar-refractivity contribution in [1.29, 1.82) is 0 Å². The first kappa shape index (κ1) is 19.7.